The van der Waals surface area contributed by atoms with E-state index in [-0.39, 0.29) is 0 Å². The van der Waals surface area contributed by atoms with E-state index in [1.165, 1.54) is 25.7 Å². The van der Waals surface area contributed by atoms with Gasteiger partial charge in [-0.1, -0.05) is 6.92 Å². The van der Waals surface area contributed by atoms with E-state index in [1.54, 1.807) is 0 Å². The number of rotatable bonds is 2. The minimum absolute atomic E-state index is 0.614. The molecule has 4 nitrogen and oxygen atoms in total. The molecule has 1 aliphatic carbocycles. The van der Waals surface area contributed by atoms with E-state index < -0.39 is 0 Å². The number of anilines is 2. The summed E-state index contributed by atoms with van der Waals surface area (Å²) in [5.41, 5.74) is 7.87. The van der Waals surface area contributed by atoms with Gasteiger partial charge in [0.15, 0.2) is 0 Å². The van der Waals surface area contributed by atoms with Crippen LogP contribution < -0.4 is 10.6 Å². The van der Waals surface area contributed by atoms with Gasteiger partial charge in [-0.15, -0.1) is 0 Å². The summed E-state index contributed by atoms with van der Waals surface area (Å²) in [6.07, 6.45) is 5.18. The van der Waals surface area contributed by atoms with Crippen molar-refractivity contribution in [2.75, 3.05) is 17.7 Å². The maximum absolute atomic E-state index is 6.11. The van der Waals surface area contributed by atoms with Gasteiger partial charge in [0.05, 0.1) is 11.4 Å². The van der Waals surface area contributed by atoms with Gasteiger partial charge in [0.1, 0.15) is 5.82 Å². The van der Waals surface area contributed by atoms with Crippen molar-refractivity contribution in [3.8, 4) is 0 Å². The molecular weight excluding hydrogens is 212 g/mol. The molecule has 1 fully saturated rings. The molecule has 0 radical (unpaired) electrons. The second-order valence-corrected chi connectivity index (χ2v) is 5.47. The first-order valence-electron chi connectivity index (χ1n) is 6.52. The third kappa shape index (κ3) is 2.26. The fraction of sp³-hybridized carbons (Fsp3) is 0.769. The molecule has 0 bridgehead atoms. The summed E-state index contributed by atoms with van der Waals surface area (Å²) in [7, 11) is 4.12. The Balaban J connectivity index is 2.16. The van der Waals surface area contributed by atoms with Crippen LogP contribution in [0.4, 0.5) is 11.5 Å². The molecule has 17 heavy (non-hydrogen) atoms. The van der Waals surface area contributed by atoms with Crippen molar-refractivity contribution in [1.82, 2.24) is 9.78 Å². The van der Waals surface area contributed by atoms with Crippen molar-refractivity contribution in [3.63, 3.8) is 0 Å². The van der Waals surface area contributed by atoms with Crippen molar-refractivity contribution in [2.24, 2.45) is 13.0 Å². The number of hydrogen-bond donors (Lipinski definition) is 1. The fourth-order valence-electron chi connectivity index (χ4n) is 2.88. The topological polar surface area (TPSA) is 47.1 Å². The Morgan fingerprint density at radius 3 is 2.35 bits per heavy atom. The summed E-state index contributed by atoms with van der Waals surface area (Å²) in [4.78, 5) is 2.32. The van der Waals surface area contributed by atoms with E-state index in [9.17, 15) is 0 Å². The normalized spacial score (nSPS) is 24.9. The second kappa shape index (κ2) is 4.59. The van der Waals surface area contributed by atoms with Crippen molar-refractivity contribution >= 4 is 11.5 Å². The van der Waals surface area contributed by atoms with Crippen LogP contribution in [-0.4, -0.2) is 22.9 Å². The summed E-state index contributed by atoms with van der Waals surface area (Å²) in [6, 6.07) is 0.614. The Labute approximate surface area is 104 Å². The Morgan fingerprint density at radius 2 is 1.88 bits per heavy atom. The van der Waals surface area contributed by atoms with Crippen LogP contribution >= 0.6 is 0 Å². The Morgan fingerprint density at radius 1 is 1.29 bits per heavy atom. The van der Waals surface area contributed by atoms with Crippen molar-refractivity contribution in [3.05, 3.63) is 5.69 Å². The highest BCUT2D eigenvalue weighted by Crippen LogP contribution is 2.32. The molecule has 0 aromatic carbocycles. The zero-order valence-corrected chi connectivity index (χ0v) is 11.4. The van der Waals surface area contributed by atoms with Gasteiger partial charge >= 0.3 is 0 Å². The molecule has 2 rings (SSSR count). The van der Waals surface area contributed by atoms with Gasteiger partial charge in [-0.25, -0.2) is 0 Å². The minimum atomic E-state index is 0.614. The first-order chi connectivity index (χ1) is 8.00. The number of aryl methyl sites for hydroxylation is 2. The highest BCUT2D eigenvalue weighted by atomic mass is 15.4. The molecule has 1 heterocycles. The monoisotopic (exact) mass is 236 g/mol. The summed E-state index contributed by atoms with van der Waals surface area (Å²) >= 11 is 0. The van der Waals surface area contributed by atoms with E-state index >= 15 is 0 Å². The maximum Gasteiger partial charge on any atom is 0.150 e. The molecule has 4 heteroatoms. The van der Waals surface area contributed by atoms with Crippen molar-refractivity contribution in [2.45, 2.75) is 45.6 Å². The molecule has 1 aromatic rings. The van der Waals surface area contributed by atoms with Crippen LogP contribution in [0.15, 0.2) is 0 Å². The van der Waals surface area contributed by atoms with Gasteiger partial charge in [0, 0.05) is 20.1 Å². The third-order valence-corrected chi connectivity index (χ3v) is 4.10. The predicted molar refractivity (Wildman–Crippen MR) is 72.2 cm³/mol. The van der Waals surface area contributed by atoms with E-state index in [0.717, 1.165) is 23.1 Å². The van der Waals surface area contributed by atoms with Crippen LogP contribution in [0.5, 0.6) is 0 Å². The first kappa shape index (κ1) is 12.3. The second-order valence-electron chi connectivity index (χ2n) is 5.47. The summed E-state index contributed by atoms with van der Waals surface area (Å²) in [5, 5.41) is 4.39. The summed E-state index contributed by atoms with van der Waals surface area (Å²) < 4.78 is 1.91. The standard InChI is InChI=1S/C13H24N4/c1-9-5-7-11(8-6-9)16(3)13-12(14)10(2)15-17(13)4/h9,11H,5-8,14H2,1-4H3. The Bertz CT molecular complexity index is 388. The minimum Gasteiger partial charge on any atom is -0.394 e. The van der Waals surface area contributed by atoms with Crippen LogP contribution in [0.3, 0.4) is 0 Å². The highest BCUT2D eigenvalue weighted by Gasteiger charge is 2.25. The lowest BCUT2D eigenvalue weighted by molar-refractivity contribution is 0.339. The molecular formula is C13H24N4. The number of nitrogens with two attached hydrogens (primary N) is 1. The zero-order chi connectivity index (χ0) is 12.6. The predicted octanol–water partition coefficient (Wildman–Crippen LogP) is 2.33. The molecule has 1 aromatic heterocycles. The molecule has 0 unspecified atom stereocenters. The fourth-order valence-corrected chi connectivity index (χ4v) is 2.88. The highest BCUT2D eigenvalue weighted by molar-refractivity contribution is 5.66. The van der Waals surface area contributed by atoms with Gasteiger partial charge in [-0.3, -0.25) is 4.68 Å². The van der Waals surface area contributed by atoms with Crippen molar-refractivity contribution in [1.29, 1.82) is 0 Å². The quantitative estimate of drug-likeness (QED) is 0.857. The van der Waals surface area contributed by atoms with Gasteiger partial charge in [0.2, 0.25) is 0 Å². The average molecular weight is 236 g/mol. The Hall–Kier alpha value is -1.19. The molecule has 96 valence electrons. The van der Waals surface area contributed by atoms with E-state index in [2.05, 4.69) is 24.0 Å². The molecule has 0 amide bonds. The largest absolute Gasteiger partial charge is 0.394 e. The Kier molecular flexibility index (Phi) is 3.31. The lowest BCUT2D eigenvalue weighted by atomic mass is 9.87. The average Bonchev–Trinajstić information content (AvgIpc) is 2.53. The third-order valence-electron chi connectivity index (χ3n) is 4.10. The number of aromatic nitrogens is 2. The van der Waals surface area contributed by atoms with E-state index in [4.69, 9.17) is 5.73 Å². The molecule has 2 N–H and O–H groups in total. The number of hydrogen-bond acceptors (Lipinski definition) is 3. The molecule has 1 aliphatic rings. The van der Waals surface area contributed by atoms with Gasteiger partial charge < -0.3 is 10.6 Å². The van der Waals surface area contributed by atoms with Gasteiger partial charge in [-0.05, 0) is 38.5 Å². The van der Waals surface area contributed by atoms with Crippen LogP contribution in [0.2, 0.25) is 0 Å². The number of nitrogens with zero attached hydrogens (tertiary/aromatic N) is 3. The molecule has 0 spiro atoms. The SMILES string of the molecule is Cc1nn(C)c(N(C)C2CCC(C)CC2)c1N. The van der Waals surface area contributed by atoms with E-state index in [0.29, 0.717) is 6.04 Å². The maximum atomic E-state index is 6.11. The van der Waals surface area contributed by atoms with Crippen LogP contribution in [0.25, 0.3) is 0 Å². The van der Waals surface area contributed by atoms with Crippen molar-refractivity contribution < 1.29 is 0 Å². The van der Waals surface area contributed by atoms with Gasteiger partial charge in [0.25, 0.3) is 0 Å². The molecule has 1 saturated carbocycles. The van der Waals surface area contributed by atoms with Crippen LogP contribution in [0.1, 0.15) is 38.3 Å². The first-order valence-corrected chi connectivity index (χ1v) is 6.52. The smallest absolute Gasteiger partial charge is 0.150 e. The molecule has 0 saturated heterocycles. The molecule has 0 atom stereocenters. The van der Waals surface area contributed by atoms with E-state index in [1.807, 2.05) is 18.7 Å². The lowest BCUT2D eigenvalue weighted by Crippen LogP contribution is -2.36. The van der Waals surface area contributed by atoms with Crippen LogP contribution in [0, 0.1) is 12.8 Å². The lowest BCUT2D eigenvalue weighted by Gasteiger charge is -2.35. The zero-order valence-electron chi connectivity index (χ0n) is 11.4. The van der Waals surface area contributed by atoms with Crippen LogP contribution in [-0.2, 0) is 7.05 Å². The number of nitrogen functional groups attached to an aromatic ring is 1. The van der Waals surface area contributed by atoms with Gasteiger partial charge in [-0.2, -0.15) is 5.10 Å². The summed E-state index contributed by atoms with van der Waals surface area (Å²) in [6.45, 7) is 4.31. The summed E-state index contributed by atoms with van der Waals surface area (Å²) in [5.74, 6) is 1.95. The molecule has 0 aliphatic heterocycles.